The summed E-state index contributed by atoms with van der Waals surface area (Å²) in [5, 5.41) is 9.34. The zero-order valence-electron chi connectivity index (χ0n) is 12.9. The normalized spacial score (nSPS) is 16.5. The summed E-state index contributed by atoms with van der Waals surface area (Å²) < 4.78 is 44.3. The maximum atomic E-state index is 13.1. The summed E-state index contributed by atoms with van der Waals surface area (Å²) in [7, 11) is 0. The third-order valence-corrected chi connectivity index (χ3v) is 4.25. The van der Waals surface area contributed by atoms with Crippen LogP contribution in [-0.4, -0.2) is 28.3 Å². The van der Waals surface area contributed by atoms with Gasteiger partial charge in [0.2, 0.25) is 6.10 Å². The topological polar surface area (TPSA) is 79.4 Å². The summed E-state index contributed by atoms with van der Waals surface area (Å²) in [5.41, 5.74) is -0.589. The molecule has 0 radical (unpaired) electrons. The number of carbonyl (C=O) groups is 1. The van der Waals surface area contributed by atoms with E-state index in [1.165, 1.54) is 18.3 Å². The first-order valence-electron chi connectivity index (χ1n) is 7.34. The first-order valence-corrected chi connectivity index (χ1v) is 7.72. The van der Waals surface area contributed by atoms with Crippen molar-refractivity contribution in [1.29, 1.82) is 0 Å². The second-order valence-electron chi connectivity index (χ2n) is 5.58. The van der Waals surface area contributed by atoms with Crippen LogP contribution in [0.25, 0.3) is 6.08 Å². The number of H-pyrrole nitrogens is 1. The minimum Gasteiger partial charge on any atom is -0.478 e. The van der Waals surface area contributed by atoms with Crippen LogP contribution in [-0.2, 0) is 11.2 Å². The highest BCUT2D eigenvalue weighted by atomic mass is 35.5. The summed E-state index contributed by atoms with van der Waals surface area (Å²) in [6.45, 7) is 0. The number of rotatable bonds is 3. The third-order valence-electron chi connectivity index (χ3n) is 3.90. The fourth-order valence-electron chi connectivity index (χ4n) is 2.68. The lowest BCUT2D eigenvalue weighted by molar-refractivity contribution is -0.187. The highest BCUT2D eigenvalue weighted by molar-refractivity contribution is 6.31. The molecule has 0 saturated carbocycles. The quantitative estimate of drug-likeness (QED) is 0.848. The van der Waals surface area contributed by atoms with Gasteiger partial charge in [-0.3, -0.25) is 4.79 Å². The Bertz CT molecular complexity index is 965. The number of aromatic amines is 1. The molecule has 9 heteroatoms. The summed E-state index contributed by atoms with van der Waals surface area (Å²) in [6, 6.07) is 5.72. The van der Waals surface area contributed by atoms with Gasteiger partial charge in [-0.15, -0.1) is 0 Å². The van der Waals surface area contributed by atoms with Crippen LogP contribution in [0.1, 0.15) is 16.7 Å². The molecule has 1 aliphatic heterocycles. The number of ether oxygens (including phenoxy) is 1. The lowest BCUT2D eigenvalue weighted by Crippen LogP contribution is -2.40. The zero-order chi connectivity index (χ0) is 19.1. The molecule has 2 aromatic rings. The minimum atomic E-state index is -4.89. The van der Waals surface area contributed by atoms with Crippen molar-refractivity contribution in [2.45, 2.75) is 18.7 Å². The minimum absolute atomic E-state index is 0.00161. The Hall–Kier alpha value is -2.74. The molecule has 3 rings (SSSR count). The molecular weight excluding hydrogens is 375 g/mol. The Balaban J connectivity index is 2.15. The van der Waals surface area contributed by atoms with E-state index in [1.807, 2.05) is 0 Å². The van der Waals surface area contributed by atoms with Crippen molar-refractivity contribution in [2.75, 3.05) is 0 Å². The molecule has 1 aliphatic rings. The van der Waals surface area contributed by atoms with Crippen molar-refractivity contribution < 1.29 is 27.8 Å². The van der Waals surface area contributed by atoms with E-state index in [1.54, 1.807) is 12.1 Å². The average molecular weight is 386 g/mol. The maximum Gasteiger partial charge on any atom is 0.430 e. The number of aromatic nitrogens is 1. The van der Waals surface area contributed by atoms with Gasteiger partial charge in [0.05, 0.1) is 5.57 Å². The molecule has 0 saturated heterocycles. The predicted molar refractivity (Wildman–Crippen MR) is 87.4 cm³/mol. The van der Waals surface area contributed by atoms with Crippen LogP contribution in [0.4, 0.5) is 13.2 Å². The van der Waals surface area contributed by atoms with Gasteiger partial charge in [0.25, 0.3) is 5.56 Å². The van der Waals surface area contributed by atoms with Crippen LogP contribution in [0.2, 0.25) is 5.02 Å². The van der Waals surface area contributed by atoms with Crippen molar-refractivity contribution in [2.24, 2.45) is 0 Å². The summed E-state index contributed by atoms with van der Waals surface area (Å²) in [6.07, 6.45) is -5.13. The molecule has 0 spiro atoms. The van der Waals surface area contributed by atoms with Crippen LogP contribution < -0.4 is 10.3 Å². The number of fused-ring (bicyclic) bond motifs is 1. The Kier molecular flexibility index (Phi) is 4.53. The molecule has 1 aromatic heterocycles. The molecule has 0 aliphatic carbocycles. The van der Waals surface area contributed by atoms with Gasteiger partial charge in [0.15, 0.2) is 0 Å². The molecular formula is C17H11ClF3NO4. The lowest BCUT2D eigenvalue weighted by atomic mass is 9.94. The Morgan fingerprint density at radius 1 is 1.31 bits per heavy atom. The fraction of sp³-hybridized carbons (Fsp3) is 0.176. The Morgan fingerprint density at radius 2 is 2.04 bits per heavy atom. The third kappa shape index (κ3) is 3.32. The molecule has 136 valence electrons. The van der Waals surface area contributed by atoms with Crippen LogP contribution in [0.15, 0.2) is 40.8 Å². The summed E-state index contributed by atoms with van der Waals surface area (Å²) in [5.74, 6) is -1.90. The predicted octanol–water partition coefficient (Wildman–Crippen LogP) is 3.41. The van der Waals surface area contributed by atoms with E-state index in [9.17, 15) is 22.8 Å². The van der Waals surface area contributed by atoms with Crippen molar-refractivity contribution in [3.05, 3.63) is 68.1 Å². The smallest absolute Gasteiger partial charge is 0.430 e. The molecule has 0 fully saturated rings. The number of hydrogen-bond donors (Lipinski definition) is 2. The van der Waals surface area contributed by atoms with Gasteiger partial charge in [-0.05, 0) is 29.8 Å². The number of nitrogens with one attached hydrogen (secondary N) is 1. The number of pyridine rings is 1. The van der Waals surface area contributed by atoms with Crippen molar-refractivity contribution in [3.8, 4) is 5.75 Å². The molecule has 1 aromatic carbocycles. The van der Waals surface area contributed by atoms with E-state index in [2.05, 4.69) is 4.98 Å². The molecule has 26 heavy (non-hydrogen) atoms. The molecule has 0 bridgehead atoms. The summed E-state index contributed by atoms with van der Waals surface area (Å²) >= 11 is 6.15. The van der Waals surface area contributed by atoms with Gasteiger partial charge in [0.1, 0.15) is 5.75 Å². The monoisotopic (exact) mass is 385 g/mol. The maximum absolute atomic E-state index is 13.1. The number of benzene rings is 1. The van der Waals surface area contributed by atoms with Gasteiger partial charge in [-0.2, -0.15) is 13.2 Å². The molecule has 1 atom stereocenters. The molecule has 2 N–H and O–H groups in total. The number of carboxylic acid groups (broad SMARTS) is 1. The average Bonchev–Trinajstić information content (AvgIpc) is 2.57. The van der Waals surface area contributed by atoms with Crippen LogP contribution in [0, 0.1) is 0 Å². The zero-order valence-corrected chi connectivity index (χ0v) is 13.7. The first kappa shape index (κ1) is 18.1. The largest absolute Gasteiger partial charge is 0.478 e. The van der Waals surface area contributed by atoms with E-state index in [0.717, 1.165) is 6.08 Å². The molecule has 5 nitrogen and oxygen atoms in total. The highest BCUT2D eigenvalue weighted by Crippen LogP contribution is 2.40. The van der Waals surface area contributed by atoms with E-state index in [0.29, 0.717) is 11.1 Å². The number of alkyl halides is 3. The lowest BCUT2D eigenvalue weighted by Gasteiger charge is -2.28. The molecule has 0 amide bonds. The van der Waals surface area contributed by atoms with Crippen molar-refractivity contribution in [3.63, 3.8) is 0 Å². The second kappa shape index (κ2) is 6.53. The van der Waals surface area contributed by atoms with Gasteiger partial charge in [0, 0.05) is 28.8 Å². The Morgan fingerprint density at radius 3 is 2.65 bits per heavy atom. The van der Waals surface area contributed by atoms with Crippen LogP contribution in [0.3, 0.4) is 0 Å². The van der Waals surface area contributed by atoms with E-state index < -0.39 is 23.8 Å². The van der Waals surface area contributed by atoms with Crippen molar-refractivity contribution in [1.82, 2.24) is 4.98 Å². The van der Waals surface area contributed by atoms with Crippen molar-refractivity contribution >= 4 is 23.6 Å². The van der Waals surface area contributed by atoms with Gasteiger partial charge in [-0.25, -0.2) is 4.79 Å². The van der Waals surface area contributed by atoms with Crippen LogP contribution in [0.5, 0.6) is 5.75 Å². The number of carboxylic acids is 1. The molecule has 1 unspecified atom stereocenters. The van der Waals surface area contributed by atoms with E-state index in [-0.39, 0.29) is 28.3 Å². The highest BCUT2D eigenvalue weighted by Gasteiger charge is 2.48. The molecule has 2 heterocycles. The first-order chi connectivity index (χ1) is 12.2. The van der Waals surface area contributed by atoms with E-state index >= 15 is 0 Å². The standard InChI is InChI=1S/C17H11ClF3NO4/c18-12-3-4-13-10(9(12)6-8-2-1-5-22-15(8)23)7-11(16(24)25)14(26-13)17(19,20)21/h1-5,7,14H,6H2,(H,22,23)(H,24,25). The van der Waals surface area contributed by atoms with Gasteiger partial charge >= 0.3 is 12.1 Å². The summed E-state index contributed by atoms with van der Waals surface area (Å²) in [4.78, 5) is 25.6. The Labute approximate surface area is 149 Å². The fourth-order valence-corrected chi connectivity index (χ4v) is 2.91. The SMILES string of the molecule is O=C(O)C1=Cc2c(ccc(Cl)c2Cc2ccc[nH]c2=O)OC1C(F)(F)F. The van der Waals surface area contributed by atoms with Crippen LogP contribution >= 0.6 is 11.6 Å². The number of halogens is 4. The van der Waals surface area contributed by atoms with E-state index in [4.69, 9.17) is 21.4 Å². The second-order valence-corrected chi connectivity index (χ2v) is 5.99. The number of aliphatic carboxylic acids is 1. The number of hydrogen-bond acceptors (Lipinski definition) is 3. The van der Waals surface area contributed by atoms with Gasteiger partial charge < -0.3 is 14.8 Å². The van der Waals surface area contributed by atoms with Gasteiger partial charge in [-0.1, -0.05) is 17.7 Å².